The smallest absolute Gasteiger partial charge is 0.292 e. The number of nitro groups is 1. The Balaban J connectivity index is 2.24. The Morgan fingerprint density at radius 1 is 1.42 bits per heavy atom. The molecule has 1 aliphatic carbocycles. The van der Waals surface area contributed by atoms with Gasteiger partial charge in [0.25, 0.3) is 5.69 Å². The average Bonchev–Trinajstić information content (AvgIpc) is 2.41. The summed E-state index contributed by atoms with van der Waals surface area (Å²) in [6.07, 6.45) is 4.50. The summed E-state index contributed by atoms with van der Waals surface area (Å²) < 4.78 is 0. The minimum absolute atomic E-state index is 0.154. The van der Waals surface area contributed by atoms with Crippen molar-refractivity contribution in [2.24, 2.45) is 11.7 Å². The maximum atomic E-state index is 11.1. The molecule has 5 heteroatoms. The number of nitrogens with zero attached hydrogens (tertiary/aromatic N) is 1. The van der Waals surface area contributed by atoms with E-state index in [1.165, 1.54) is 6.42 Å². The molecule has 0 amide bonds. The van der Waals surface area contributed by atoms with Crippen LogP contribution in [-0.2, 0) is 0 Å². The zero-order valence-corrected chi connectivity index (χ0v) is 11.3. The molecule has 2 unspecified atom stereocenters. The fraction of sp³-hybridized carbons (Fsp3) is 0.571. The van der Waals surface area contributed by atoms with Gasteiger partial charge in [-0.2, -0.15) is 0 Å². The van der Waals surface area contributed by atoms with Crippen LogP contribution in [0.5, 0.6) is 0 Å². The van der Waals surface area contributed by atoms with E-state index in [0.717, 1.165) is 24.8 Å². The van der Waals surface area contributed by atoms with Crippen LogP contribution in [0, 0.1) is 23.0 Å². The number of nitrogens with one attached hydrogen (secondary N) is 1. The Morgan fingerprint density at radius 3 is 2.84 bits per heavy atom. The third-order valence-corrected chi connectivity index (χ3v) is 3.99. The summed E-state index contributed by atoms with van der Waals surface area (Å²) in [7, 11) is 0. The molecule has 1 saturated carbocycles. The topological polar surface area (TPSA) is 81.2 Å². The summed E-state index contributed by atoms with van der Waals surface area (Å²) in [5, 5.41) is 14.5. The van der Waals surface area contributed by atoms with E-state index in [0.29, 0.717) is 18.2 Å². The molecule has 1 aromatic rings. The number of anilines is 1. The van der Waals surface area contributed by atoms with E-state index in [4.69, 9.17) is 5.73 Å². The van der Waals surface area contributed by atoms with Crippen molar-refractivity contribution in [3.05, 3.63) is 33.9 Å². The van der Waals surface area contributed by atoms with Crippen molar-refractivity contribution in [1.82, 2.24) is 0 Å². The molecule has 3 N–H and O–H groups in total. The Labute approximate surface area is 113 Å². The highest BCUT2D eigenvalue weighted by molar-refractivity contribution is 5.66. The highest BCUT2D eigenvalue weighted by Crippen LogP contribution is 2.32. The highest BCUT2D eigenvalue weighted by Gasteiger charge is 2.26. The lowest BCUT2D eigenvalue weighted by Gasteiger charge is -2.32. The molecule has 1 aliphatic rings. The van der Waals surface area contributed by atoms with Crippen LogP contribution in [-0.4, -0.2) is 17.5 Å². The number of aryl methyl sites for hydroxylation is 1. The average molecular weight is 263 g/mol. The quantitative estimate of drug-likeness (QED) is 0.646. The second kappa shape index (κ2) is 6.02. The first-order chi connectivity index (χ1) is 9.13. The number of nitrogens with two attached hydrogens (primary N) is 1. The lowest BCUT2D eigenvalue weighted by Crippen LogP contribution is -2.37. The van der Waals surface area contributed by atoms with Crippen LogP contribution in [0.2, 0.25) is 0 Å². The molecule has 2 rings (SSSR count). The predicted octanol–water partition coefficient (Wildman–Crippen LogP) is 2.83. The van der Waals surface area contributed by atoms with Crippen LogP contribution in [0.25, 0.3) is 0 Å². The molecule has 1 aromatic carbocycles. The molecule has 0 radical (unpaired) electrons. The zero-order chi connectivity index (χ0) is 13.8. The van der Waals surface area contributed by atoms with E-state index in [2.05, 4.69) is 5.32 Å². The van der Waals surface area contributed by atoms with Crippen LogP contribution in [0.1, 0.15) is 31.2 Å². The molecular weight excluding hydrogens is 242 g/mol. The summed E-state index contributed by atoms with van der Waals surface area (Å²) >= 11 is 0. The Bertz CT molecular complexity index is 462. The molecule has 0 heterocycles. The Morgan fingerprint density at radius 2 is 2.16 bits per heavy atom. The normalized spacial score (nSPS) is 23.1. The molecule has 1 fully saturated rings. The van der Waals surface area contributed by atoms with Gasteiger partial charge >= 0.3 is 0 Å². The standard InChI is InChI=1S/C14H21N3O2/c1-10-5-4-8-13(17(18)19)14(10)16-12-7-3-2-6-11(12)9-15/h4-5,8,11-12,16H,2-3,6-7,9,15H2,1H3. The maximum absolute atomic E-state index is 11.1. The zero-order valence-electron chi connectivity index (χ0n) is 11.3. The van der Waals surface area contributed by atoms with Crippen LogP contribution in [0.3, 0.4) is 0 Å². The third kappa shape index (κ3) is 3.04. The first-order valence-corrected chi connectivity index (χ1v) is 6.84. The second-order valence-electron chi connectivity index (χ2n) is 5.26. The molecule has 104 valence electrons. The Kier molecular flexibility index (Phi) is 4.37. The summed E-state index contributed by atoms with van der Waals surface area (Å²) in [4.78, 5) is 10.8. The van der Waals surface area contributed by atoms with Crippen molar-refractivity contribution in [3.8, 4) is 0 Å². The molecule has 5 nitrogen and oxygen atoms in total. The van der Waals surface area contributed by atoms with Gasteiger partial charge in [-0.05, 0) is 37.8 Å². The summed E-state index contributed by atoms with van der Waals surface area (Å²) in [6.45, 7) is 2.53. The monoisotopic (exact) mass is 263 g/mol. The van der Waals surface area contributed by atoms with Gasteiger partial charge < -0.3 is 11.1 Å². The van der Waals surface area contributed by atoms with E-state index in [1.807, 2.05) is 13.0 Å². The van der Waals surface area contributed by atoms with Gasteiger partial charge in [0.15, 0.2) is 0 Å². The number of para-hydroxylation sites is 1. The lowest BCUT2D eigenvalue weighted by molar-refractivity contribution is -0.384. The maximum Gasteiger partial charge on any atom is 0.292 e. The molecule has 0 saturated heterocycles. The largest absolute Gasteiger partial charge is 0.376 e. The van der Waals surface area contributed by atoms with Gasteiger partial charge in [0, 0.05) is 12.1 Å². The first-order valence-electron chi connectivity index (χ1n) is 6.84. The van der Waals surface area contributed by atoms with E-state index in [-0.39, 0.29) is 16.7 Å². The van der Waals surface area contributed by atoms with Crippen molar-refractivity contribution >= 4 is 11.4 Å². The van der Waals surface area contributed by atoms with Gasteiger partial charge in [0.1, 0.15) is 5.69 Å². The van der Waals surface area contributed by atoms with E-state index in [9.17, 15) is 10.1 Å². The molecule has 0 aliphatic heterocycles. The fourth-order valence-electron chi connectivity index (χ4n) is 2.86. The van der Waals surface area contributed by atoms with Crippen LogP contribution < -0.4 is 11.1 Å². The van der Waals surface area contributed by atoms with Gasteiger partial charge in [0.2, 0.25) is 0 Å². The van der Waals surface area contributed by atoms with Crippen molar-refractivity contribution in [2.75, 3.05) is 11.9 Å². The molecule has 0 aromatic heterocycles. The molecular formula is C14H21N3O2. The van der Waals surface area contributed by atoms with Gasteiger partial charge in [-0.25, -0.2) is 0 Å². The minimum atomic E-state index is -0.324. The van der Waals surface area contributed by atoms with Gasteiger partial charge in [0.05, 0.1) is 4.92 Å². The number of nitro benzene ring substituents is 1. The lowest BCUT2D eigenvalue weighted by atomic mass is 9.84. The van der Waals surface area contributed by atoms with Gasteiger partial charge in [-0.15, -0.1) is 0 Å². The number of rotatable bonds is 4. The molecule has 0 bridgehead atoms. The first kappa shape index (κ1) is 13.8. The van der Waals surface area contributed by atoms with Gasteiger partial charge in [-0.1, -0.05) is 25.0 Å². The SMILES string of the molecule is Cc1cccc([N+](=O)[O-])c1NC1CCCCC1CN. The van der Waals surface area contributed by atoms with Crippen molar-refractivity contribution in [3.63, 3.8) is 0 Å². The van der Waals surface area contributed by atoms with Crippen molar-refractivity contribution in [2.45, 2.75) is 38.6 Å². The van der Waals surface area contributed by atoms with Crippen molar-refractivity contribution < 1.29 is 4.92 Å². The summed E-state index contributed by atoms with van der Waals surface area (Å²) in [5.41, 5.74) is 7.53. The summed E-state index contributed by atoms with van der Waals surface area (Å²) in [5.74, 6) is 0.410. The highest BCUT2D eigenvalue weighted by atomic mass is 16.6. The van der Waals surface area contributed by atoms with Crippen LogP contribution in [0.4, 0.5) is 11.4 Å². The van der Waals surface area contributed by atoms with Crippen LogP contribution >= 0.6 is 0 Å². The predicted molar refractivity (Wildman–Crippen MR) is 76.3 cm³/mol. The molecule has 2 atom stereocenters. The van der Waals surface area contributed by atoms with Gasteiger partial charge in [-0.3, -0.25) is 10.1 Å². The Hall–Kier alpha value is -1.62. The number of hydrogen-bond donors (Lipinski definition) is 2. The van der Waals surface area contributed by atoms with E-state index in [1.54, 1.807) is 12.1 Å². The number of benzene rings is 1. The minimum Gasteiger partial charge on any atom is -0.376 e. The number of hydrogen-bond acceptors (Lipinski definition) is 4. The fourth-order valence-corrected chi connectivity index (χ4v) is 2.86. The van der Waals surface area contributed by atoms with E-state index < -0.39 is 0 Å². The molecule has 0 spiro atoms. The second-order valence-corrected chi connectivity index (χ2v) is 5.26. The molecule has 19 heavy (non-hydrogen) atoms. The summed E-state index contributed by atoms with van der Waals surface area (Å²) in [6, 6.07) is 5.42. The van der Waals surface area contributed by atoms with Crippen LogP contribution in [0.15, 0.2) is 18.2 Å². The third-order valence-electron chi connectivity index (χ3n) is 3.99. The van der Waals surface area contributed by atoms with Crippen molar-refractivity contribution in [1.29, 1.82) is 0 Å². The van der Waals surface area contributed by atoms with E-state index >= 15 is 0 Å².